The molecule has 0 fully saturated rings. The first-order valence-corrected chi connectivity index (χ1v) is 7.42. The van der Waals surface area contributed by atoms with E-state index in [1.54, 1.807) is 12.4 Å². The summed E-state index contributed by atoms with van der Waals surface area (Å²) in [7, 11) is 0. The largest absolute Gasteiger partial charge is 0.360 e. The van der Waals surface area contributed by atoms with E-state index >= 15 is 0 Å². The summed E-state index contributed by atoms with van der Waals surface area (Å²) >= 11 is 6.89. The Morgan fingerprint density at radius 2 is 2.05 bits per heavy atom. The van der Waals surface area contributed by atoms with Crippen molar-refractivity contribution in [3.63, 3.8) is 0 Å². The topological polar surface area (TPSA) is 73.6 Å². The Hall–Kier alpha value is -1.60. The van der Waals surface area contributed by atoms with E-state index in [1.165, 1.54) is 0 Å². The second-order valence-electron chi connectivity index (χ2n) is 4.40. The molecule has 0 aliphatic carbocycles. The number of hydrogen-bond donors (Lipinski definition) is 3. The Kier molecular flexibility index (Phi) is 3.39. The number of nitrogens with one attached hydrogen (secondary N) is 3. The van der Waals surface area contributed by atoms with Crippen LogP contribution in [0.3, 0.4) is 0 Å². The predicted molar refractivity (Wildman–Crippen MR) is 85.0 cm³/mol. The summed E-state index contributed by atoms with van der Waals surface area (Å²) in [5.41, 5.74) is 2.37. The Morgan fingerprint density at radius 1 is 1.30 bits per heavy atom. The van der Waals surface area contributed by atoms with Crippen LogP contribution in [0.1, 0.15) is 15.9 Å². The molecule has 0 saturated heterocycles. The number of hydrogen-bond acceptors (Lipinski definition) is 2. The molecular formula is C13H10Br2N4O. The fourth-order valence-corrected chi connectivity index (χ4v) is 2.65. The normalized spacial score (nSPS) is 10.9. The van der Waals surface area contributed by atoms with Crippen LogP contribution >= 0.6 is 31.9 Å². The lowest BCUT2D eigenvalue weighted by atomic mass is 10.1. The van der Waals surface area contributed by atoms with Crippen LogP contribution in [-0.2, 0) is 0 Å². The summed E-state index contributed by atoms with van der Waals surface area (Å²) in [4.78, 5) is 15.4. The van der Waals surface area contributed by atoms with Gasteiger partial charge in [-0.2, -0.15) is 5.10 Å². The lowest BCUT2D eigenvalue weighted by Crippen LogP contribution is -2.12. The highest BCUT2D eigenvalue weighted by Crippen LogP contribution is 2.30. The number of nitrogens with zero attached hydrogens (tertiary/aromatic N) is 1. The number of anilines is 1. The molecule has 3 rings (SSSR count). The Morgan fingerprint density at radius 3 is 2.75 bits per heavy atom. The first-order valence-electron chi connectivity index (χ1n) is 5.83. The van der Waals surface area contributed by atoms with Gasteiger partial charge in [0, 0.05) is 31.6 Å². The fourth-order valence-electron chi connectivity index (χ4n) is 1.96. The van der Waals surface area contributed by atoms with E-state index in [0.29, 0.717) is 11.4 Å². The molecule has 0 unspecified atom stereocenters. The maximum Gasteiger partial charge on any atom is 0.258 e. The number of amides is 1. The molecule has 7 heteroatoms. The quantitative estimate of drug-likeness (QED) is 0.611. The molecule has 2 aromatic heterocycles. The second kappa shape index (κ2) is 5.06. The fraction of sp³-hybridized carbons (Fsp3) is 0.0769. The average Bonchev–Trinajstić information content (AvgIpc) is 2.97. The number of rotatable bonds is 2. The van der Waals surface area contributed by atoms with E-state index in [4.69, 9.17) is 0 Å². The minimum atomic E-state index is -0.183. The van der Waals surface area contributed by atoms with Crippen LogP contribution in [0.15, 0.2) is 33.5 Å². The molecule has 0 saturated carbocycles. The molecule has 0 atom stereocenters. The highest BCUT2D eigenvalue weighted by Gasteiger charge is 2.15. The van der Waals surface area contributed by atoms with Crippen molar-refractivity contribution in [2.45, 2.75) is 6.92 Å². The third-order valence-corrected chi connectivity index (χ3v) is 4.88. The first-order chi connectivity index (χ1) is 9.56. The van der Waals surface area contributed by atoms with Crippen LogP contribution < -0.4 is 5.32 Å². The van der Waals surface area contributed by atoms with Crippen molar-refractivity contribution in [2.24, 2.45) is 0 Å². The number of fused-ring (bicyclic) bond motifs is 1. The van der Waals surface area contributed by atoms with Gasteiger partial charge in [0.05, 0.1) is 11.8 Å². The molecule has 3 aromatic rings. The Labute approximate surface area is 131 Å². The second-order valence-corrected chi connectivity index (χ2v) is 6.11. The maximum absolute atomic E-state index is 12.3. The average molecular weight is 398 g/mol. The molecule has 0 aliphatic heterocycles. The molecular weight excluding hydrogens is 388 g/mol. The van der Waals surface area contributed by atoms with Gasteiger partial charge < -0.3 is 10.3 Å². The third kappa shape index (κ3) is 2.27. The van der Waals surface area contributed by atoms with Gasteiger partial charge in [0.25, 0.3) is 5.91 Å². The SMILES string of the molecule is Cc1cn[nH]c1NC(=O)c1c[nH]c2cc(Br)c(Br)cc12. The van der Waals surface area contributed by atoms with Crippen LogP contribution in [-0.4, -0.2) is 21.1 Å². The number of aromatic amines is 2. The van der Waals surface area contributed by atoms with Crippen LogP contribution in [0, 0.1) is 6.92 Å². The summed E-state index contributed by atoms with van der Waals surface area (Å²) in [6.45, 7) is 1.88. The standard InChI is InChI=1S/C13H10Br2N4O/c1-6-4-17-19-12(6)18-13(20)8-5-16-11-3-10(15)9(14)2-7(8)11/h2-5,16H,1H3,(H2,17,18,19,20). The predicted octanol–water partition coefficient (Wildman–Crippen LogP) is 3.98. The molecule has 0 aliphatic rings. The lowest BCUT2D eigenvalue weighted by Gasteiger charge is -2.03. The van der Waals surface area contributed by atoms with Crippen molar-refractivity contribution in [1.82, 2.24) is 15.2 Å². The van der Waals surface area contributed by atoms with Crippen molar-refractivity contribution in [1.29, 1.82) is 0 Å². The number of H-pyrrole nitrogens is 2. The zero-order valence-corrected chi connectivity index (χ0v) is 13.6. The van der Waals surface area contributed by atoms with E-state index in [1.807, 2.05) is 19.1 Å². The lowest BCUT2D eigenvalue weighted by molar-refractivity contribution is 0.102. The minimum Gasteiger partial charge on any atom is -0.360 e. The summed E-state index contributed by atoms with van der Waals surface area (Å²) in [5, 5.41) is 10.3. The van der Waals surface area contributed by atoms with Crippen molar-refractivity contribution in [3.05, 3.63) is 44.6 Å². The maximum atomic E-state index is 12.3. The van der Waals surface area contributed by atoms with Crippen molar-refractivity contribution in [3.8, 4) is 0 Å². The van der Waals surface area contributed by atoms with Gasteiger partial charge in [-0.1, -0.05) is 0 Å². The van der Waals surface area contributed by atoms with Gasteiger partial charge >= 0.3 is 0 Å². The number of aromatic nitrogens is 3. The van der Waals surface area contributed by atoms with Gasteiger partial charge in [0.15, 0.2) is 0 Å². The zero-order valence-electron chi connectivity index (χ0n) is 10.4. The summed E-state index contributed by atoms with van der Waals surface area (Å²) in [5.74, 6) is 0.429. The van der Waals surface area contributed by atoms with Gasteiger partial charge in [0.1, 0.15) is 5.82 Å². The van der Waals surface area contributed by atoms with E-state index in [2.05, 4.69) is 52.4 Å². The van der Waals surface area contributed by atoms with Crippen LogP contribution in [0.2, 0.25) is 0 Å². The van der Waals surface area contributed by atoms with Crippen molar-refractivity contribution in [2.75, 3.05) is 5.32 Å². The zero-order chi connectivity index (χ0) is 14.3. The molecule has 0 radical (unpaired) electrons. The molecule has 1 amide bonds. The molecule has 1 aromatic carbocycles. The van der Waals surface area contributed by atoms with E-state index in [-0.39, 0.29) is 5.91 Å². The van der Waals surface area contributed by atoms with Gasteiger partial charge in [-0.05, 0) is 50.9 Å². The number of aryl methyl sites for hydroxylation is 1. The summed E-state index contributed by atoms with van der Waals surface area (Å²) in [6.07, 6.45) is 3.36. The highest BCUT2D eigenvalue weighted by atomic mass is 79.9. The molecule has 20 heavy (non-hydrogen) atoms. The molecule has 2 heterocycles. The number of halogens is 2. The van der Waals surface area contributed by atoms with Crippen molar-refractivity contribution < 1.29 is 4.79 Å². The molecule has 0 bridgehead atoms. The molecule has 0 spiro atoms. The smallest absolute Gasteiger partial charge is 0.258 e. The molecule has 3 N–H and O–H groups in total. The van der Waals surface area contributed by atoms with Gasteiger partial charge in [0.2, 0.25) is 0 Å². The summed E-state index contributed by atoms with van der Waals surface area (Å²) < 4.78 is 1.83. The summed E-state index contributed by atoms with van der Waals surface area (Å²) in [6, 6.07) is 3.84. The number of carbonyl (C=O) groups excluding carboxylic acids is 1. The first kappa shape index (κ1) is 13.4. The third-order valence-electron chi connectivity index (χ3n) is 3.03. The number of carbonyl (C=O) groups is 1. The Bertz CT molecular complexity index is 806. The van der Waals surface area contributed by atoms with Crippen molar-refractivity contribution >= 4 is 54.5 Å². The van der Waals surface area contributed by atoms with E-state index in [0.717, 1.165) is 25.4 Å². The van der Waals surface area contributed by atoms with Gasteiger partial charge in [-0.3, -0.25) is 9.89 Å². The van der Waals surface area contributed by atoms with Crippen LogP contribution in [0.5, 0.6) is 0 Å². The van der Waals surface area contributed by atoms with E-state index in [9.17, 15) is 4.79 Å². The number of benzene rings is 1. The van der Waals surface area contributed by atoms with Crippen LogP contribution in [0.4, 0.5) is 5.82 Å². The van der Waals surface area contributed by atoms with Gasteiger partial charge in [-0.25, -0.2) is 0 Å². The van der Waals surface area contributed by atoms with E-state index < -0.39 is 0 Å². The minimum absolute atomic E-state index is 0.183. The Balaban J connectivity index is 2.00. The van der Waals surface area contributed by atoms with Gasteiger partial charge in [-0.15, -0.1) is 0 Å². The van der Waals surface area contributed by atoms with Crippen LogP contribution in [0.25, 0.3) is 10.9 Å². The molecule has 5 nitrogen and oxygen atoms in total. The molecule has 102 valence electrons. The highest BCUT2D eigenvalue weighted by molar-refractivity contribution is 9.13. The monoisotopic (exact) mass is 396 g/mol.